The van der Waals surface area contributed by atoms with Crippen molar-refractivity contribution in [3.8, 4) is 11.3 Å². The Morgan fingerprint density at radius 1 is 0.935 bits per heavy atom. The highest BCUT2D eigenvalue weighted by Crippen LogP contribution is 2.61. The Bertz CT molecular complexity index is 1070. The fraction of sp³-hybridized carbons (Fsp3) is 0.517. The van der Waals surface area contributed by atoms with Crippen LogP contribution in [-0.2, 0) is 11.8 Å². The second kappa shape index (κ2) is 7.52. The molecule has 4 saturated carbocycles. The Balaban J connectivity index is 1.46. The van der Waals surface area contributed by atoms with Gasteiger partial charge in [-0.2, -0.15) is 0 Å². The fourth-order valence-electron chi connectivity index (χ4n) is 7.83. The van der Waals surface area contributed by atoms with Crippen LogP contribution in [0.5, 0.6) is 0 Å². The van der Waals surface area contributed by atoms with Gasteiger partial charge in [0.05, 0.1) is 0 Å². The molecule has 2 nitrogen and oxygen atoms in total. The molecule has 31 heavy (non-hydrogen) atoms. The summed E-state index contributed by atoms with van der Waals surface area (Å²) in [6, 6.07) is 16.3. The number of benzene rings is 2. The average Bonchev–Trinajstić information content (AvgIpc) is 3.11. The summed E-state index contributed by atoms with van der Waals surface area (Å²) in [5.41, 5.74) is 14.7. The van der Waals surface area contributed by atoms with Crippen molar-refractivity contribution in [1.29, 1.82) is 0 Å². The minimum atomic E-state index is 0.456. The summed E-state index contributed by atoms with van der Waals surface area (Å²) >= 11 is 0. The van der Waals surface area contributed by atoms with Gasteiger partial charge in [-0.05, 0) is 123 Å². The van der Waals surface area contributed by atoms with Crippen LogP contribution in [0.3, 0.4) is 0 Å². The van der Waals surface area contributed by atoms with Gasteiger partial charge in [-0.25, -0.2) is 0 Å². The van der Waals surface area contributed by atoms with Crippen LogP contribution in [0.1, 0.15) is 68.1 Å². The van der Waals surface area contributed by atoms with E-state index in [4.69, 9.17) is 5.73 Å². The molecule has 2 aromatic carbocycles. The molecule has 2 heteroatoms. The molecule has 1 heterocycles. The molecule has 0 atom stereocenters. The van der Waals surface area contributed by atoms with E-state index in [1.54, 1.807) is 5.56 Å². The molecule has 0 saturated heterocycles. The van der Waals surface area contributed by atoms with E-state index >= 15 is 0 Å². The van der Waals surface area contributed by atoms with Gasteiger partial charge < -0.3 is 10.7 Å². The molecule has 0 aliphatic heterocycles. The van der Waals surface area contributed by atoms with E-state index < -0.39 is 0 Å². The number of nitrogens with two attached hydrogens (primary N) is 1. The SMILES string of the molecule is Cc1ccccc1-c1[nH]c2ccc(C34CC5CC(CC(C5)C3)C4)cc2c1CCCCN. The summed E-state index contributed by atoms with van der Waals surface area (Å²) in [7, 11) is 0. The third-order valence-electron chi connectivity index (χ3n) is 8.85. The van der Waals surface area contributed by atoms with E-state index in [9.17, 15) is 0 Å². The molecule has 7 rings (SSSR count). The lowest BCUT2D eigenvalue weighted by Crippen LogP contribution is -2.48. The molecule has 0 spiro atoms. The molecule has 4 fully saturated rings. The zero-order valence-corrected chi connectivity index (χ0v) is 18.9. The van der Waals surface area contributed by atoms with Gasteiger partial charge in [0.15, 0.2) is 0 Å². The monoisotopic (exact) mass is 412 g/mol. The Labute approximate surface area is 186 Å². The second-order valence-corrected chi connectivity index (χ2v) is 11.0. The Kier molecular flexibility index (Phi) is 4.76. The normalized spacial score (nSPS) is 29.2. The Morgan fingerprint density at radius 2 is 1.65 bits per heavy atom. The van der Waals surface area contributed by atoms with E-state index in [2.05, 4.69) is 54.4 Å². The number of hydrogen-bond donors (Lipinski definition) is 2. The van der Waals surface area contributed by atoms with E-state index in [0.29, 0.717) is 5.41 Å². The summed E-state index contributed by atoms with van der Waals surface area (Å²) in [4.78, 5) is 3.82. The molecular weight excluding hydrogens is 376 g/mol. The van der Waals surface area contributed by atoms with E-state index in [1.165, 1.54) is 71.8 Å². The van der Waals surface area contributed by atoms with Crippen LogP contribution in [0.4, 0.5) is 0 Å². The molecule has 4 bridgehead atoms. The Hall–Kier alpha value is -2.06. The summed E-state index contributed by atoms with van der Waals surface area (Å²) in [6.45, 7) is 3.01. The summed E-state index contributed by atoms with van der Waals surface area (Å²) < 4.78 is 0. The van der Waals surface area contributed by atoms with Crippen molar-refractivity contribution >= 4 is 10.9 Å². The lowest BCUT2D eigenvalue weighted by molar-refractivity contribution is -0.00513. The number of hydrogen-bond acceptors (Lipinski definition) is 1. The van der Waals surface area contributed by atoms with Crippen LogP contribution in [-0.4, -0.2) is 11.5 Å². The topological polar surface area (TPSA) is 41.8 Å². The zero-order chi connectivity index (χ0) is 21.0. The van der Waals surface area contributed by atoms with Gasteiger partial charge in [-0.3, -0.25) is 0 Å². The van der Waals surface area contributed by atoms with Gasteiger partial charge in [-0.15, -0.1) is 0 Å². The van der Waals surface area contributed by atoms with Gasteiger partial charge in [0.25, 0.3) is 0 Å². The highest BCUT2D eigenvalue weighted by molar-refractivity contribution is 5.92. The number of aromatic amines is 1. The highest BCUT2D eigenvalue weighted by Gasteiger charge is 2.51. The van der Waals surface area contributed by atoms with Gasteiger partial charge in [0, 0.05) is 22.2 Å². The van der Waals surface area contributed by atoms with Crippen LogP contribution in [0.25, 0.3) is 22.2 Å². The second-order valence-electron chi connectivity index (χ2n) is 11.0. The first kappa shape index (κ1) is 19.6. The van der Waals surface area contributed by atoms with E-state index in [-0.39, 0.29) is 0 Å². The first-order valence-corrected chi connectivity index (χ1v) is 12.6. The van der Waals surface area contributed by atoms with E-state index in [0.717, 1.165) is 43.6 Å². The van der Waals surface area contributed by atoms with Gasteiger partial charge in [-0.1, -0.05) is 30.3 Å². The molecule has 3 aromatic rings. The van der Waals surface area contributed by atoms with Crippen LogP contribution in [0.2, 0.25) is 0 Å². The van der Waals surface area contributed by atoms with Crippen molar-refractivity contribution in [3.63, 3.8) is 0 Å². The third kappa shape index (κ3) is 3.26. The predicted molar refractivity (Wildman–Crippen MR) is 130 cm³/mol. The van der Waals surface area contributed by atoms with Gasteiger partial charge in [0.1, 0.15) is 0 Å². The molecule has 1 aromatic heterocycles. The van der Waals surface area contributed by atoms with Crippen molar-refractivity contribution in [3.05, 3.63) is 59.2 Å². The number of aromatic nitrogens is 1. The quantitative estimate of drug-likeness (QED) is 0.425. The average molecular weight is 413 g/mol. The first-order valence-electron chi connectivity index (χ1n) is 12.6. The van der Waals surface area contributed by atoms with E-state index in [1.807, 2.05) is 0 Å². The standard InChI is InChI=1S/C29H36N2/c1-19-6-2-3-7-24(19)28-25(8-4-5-11-30)26-15-23(9-10-27(26)31-28)29-16-20-12-21(17-29)14-22(13-20)18-29/h2-3,6-7,9-10,15,20-22,31H,4-5,8,11-14,16-18,30H2,1H3. The van der Waals surface area contributed by atoms with Gasteiger partial charge >= 0.3 is 0 Å². The van der Waals surface area contributed by atoms with Gasteiger partial charge in [0.2, 0.25) is 0 Å². The van der Waals surface area contributed by atoms with Crippen molar-refractivity contribution in [2.45, 2.75) is 70.1 Å². The largest absolute Gasteiger partial charge is 0.354 e. The number of fused-ring (bicyclic) bond motifs is 1. The van der Waals surface area contributed by atoms with Crippen LogP contribution < -0.4 is 5.73 Å². The molecule has 0 unspecified atom stereocenters. The Morgan fingerprint density at radius 3 is 2.32 bits per heavy atom. The van der Waals surface area contributed by atoms with Crippen molar-refractivity contribution < 1.29 is 0 Å². The zero-order valence-electron chi connectivity index (χ0n) is 18.9. The maximum Gasteiger partial charge on any atom is 0.0500 e. The third-order valence-corrected chi connectivity index (χ3v) is 8.85. The maximum atomic E-state index is 5.84. The lowest BCUT2D eigenvalue weighted by atomic mass is 9.48. The molecule has 162 valence electrons. The van der Waals surface area contributed by atoms with Crippen LogP contribution in [0, 0.1) is 24.7 Å². The number of H-pyrrole nitrogens is 1. The predicted octanol–water partition coefficient (Wildman–Crippen LogP) is 6.89. The maximum absolute atomic E-state index is 5.84. The highest BCUT2D eigenvalue weighted by atomic mass is 14.7. The number of unbranched alkanes of at least 4 members (excludes halogenated alkanes) is 1. The molecule has 0 radical (unpaired) electrons. The lowest BCUT2D eigenvalue weighted by Gasteiger charge is -2.57. The smallest absolute Gasteiger partial charge is 0.0500 e. The minimum absolute atomic E-state index is 0.456. The molecule has 4 aliphatic rings. The fourth-order valence-corrected chi connectivity index (χ4v) is 7.83. The molecule has 3 N–H and O–H groups in total. The number of aryl methyl sites for hydroxylation is 2. The number of nitrogens with one attached hydrogen (secondary N) is 1. The van der Waals surface area contributed by atoms with Crippen molar-refractivity contribution in [2.24, 2.45) is 23.5 Å². The minimum Gasteiger partial charge on any atom is -0.354 e. The van der Waals surface area contributed by atoms with Crippen LogP contribution in [0.15, 0.2) is 42.5 Å². The molecular formula is C29H36N2. The summed E-state index contributed by atoms with van der Waals surface area (Å²) in [5, 5.41) is 1.46. The summed E-state index contributed by atoms with van der Waals surface area (Å²) in [5.74, 6) is 2.96. The van der Waals surface area contributed by atoms with Crippen LogP contribution >= 0.6 is 0 Å². The molecule has 4 aliphatic carbocycles. The van der Waals surface area contributed by atoms with Crippen molar-refractivity contribution in [1.82, 2.24) is 4.98 Å². The molecule has 0 amide bonds. The summed E-state index contributed by atoms with van der Waals surface area (Å²) in [6.07, 6.45) is 12.2. The first-order chi connectivity index (χ1) is 15.1. The van der Waals surface area contributed by atoms with Crippen molar-refractivity contribution in [2.75, 3.05) is 6.54 Å². The number of rotatable bonds is 6.